The molecule has 5 heteroatoms. The molecule has 0 radical (unpaired) electrons. The number of halogens is 1. The number of hydrogen-bond acceptors (Lipinski definition) is 4. The summed E-state index contributed by atoms with van der Waals surface area (Å²) in [4.78, 5) is 16.1. The molecule has 33 heavy (non-hydrogen) atoms. The van der Waals surface area contributed by atoms with Crippen LogP contribution in [0.25, 0.3) is 6.08 Å². The van der Waals surface area contributed by atoms with Crippen molar-refractivity contribution in [2.24, 2.45) is 5.41 Å². The molecule has 0 saturated carbocycles. The molecule has 1 fully saturated rings. The number of nitrogens with zero attached hydrogens (tertiary/aromatic N) is 3. The number of fused-ring (bicyclic) bond motifs is 3. The molecule has 3 atom stereocenters. The van der Waals surface area contributed by atoms with Gasteiger partial charge in [-0.3, -0.25) is 4.79 Å². The number of ketones is 1. The first-order chi connectivity index (χ1) is 16.0. The zero-order valence-electron chi connectivity index (χ0n) is 17.9. The maximum atomic E-state index is 14.1. The number of carbonyl (C=O) groups is 1. The minimum Gasteiger partial charge on any atom is -0.351 e. The van der Waals surface area contributed by atoms with E-state index >= 15 is 0 Å². The van der Waals surface area contributed by atoms with E-state index in [0.717, 1.165) is 16.8 Å². The van der Waals surface area contributed by atoms with E-state index in [-0.39, 0.29) is 5.78 Å². The first-order valence-electron chi connectivity index (χ1n) is 10.7. The predicted molar refractivity (Wildman–Crippen MR) is 129 cm³/mol. The van der Waals surface area contributed by atoms with Crippen LogP contribution in [0, 0.1) is 35.0 Å². The minimum atomic E-state index is -1.50. The molecule has 2 aliphatic heterocycles. The Labute approximate surface area is 198 Å². The van der Waals surface area contributed by atoms with E-state index in [1.165, 1.54) is 0 Å². The third-order valence-electron chi connectivity index (χ3n) is 6.76. The molecule has 2 aliphatic rings. The summed E-state index contributed by atoms with van der Waals surface area (Å²) in [5.74, 6) is -0.877. The molecule has 5 rings (SSSR count). The Hall–Kier alpha value is -3.86. The maximum absolute atomic E-state index is 14.1. The largest absolute Gasteiger partial charge is 0.351 e. The van der Waals surface area contributed by atoms with Gasteiger partial charge in [-0.05, 0) is 30.2 Å². The van der Waals surface area contributed by atoms with Gasteiger partial charge in [0.05, 0.1) is 18.2 Å². The van der Waals surface area contributed by atoms with Crippen LogP contribution in [0.15, 0.2) is 78.9 Å². The number of aryl methyl sites for hydroxylation is 1. The maximum Gasteiger partial charge on any atom is 0.185 e. The number of rotatable bonds is 3. The zero-order valence-corrected chi connectivity index (χ0v) is 18.7. The lowest BCUT2D eigenvalue weighted by molar-refractivity contribution is 0.0951. The third kappa shape index (κ3) is 3.07. The lowest BCUT2D eigenvalue weighted by atomic mass is 9.69. The summed E-state index contributed by atoms with van der Waals surface area (Å²) in [6.07, 6.45) is 3.81. The summed E-state index contributed by atoms with van der Waals surface area (Å²) >= 11 is 6.61. The first-order valence-corrected chi connectivity index (χ1v) is 11.1. The Morgan fingerprint density at radius 3 is 2.33 bits per heavy atom. The molecule has 160 valence electrons. The second-order valence-corrected chi connectivity index (χ2v) is 8.94. The van der Waals surface area contributed by atoms with E-state index in [2.05, 4.69) is 12.1 Å². The molecule has 0 N–H and O–H groups in total. The molecule has 0 aromatic heterocycles. The Morgan fingerprint density at radius 2 is 1.64 bits per heavy atom. The molecule has 1 saturated heterocycles. The van der Waals surface area contributed by atoms with Crippen LogP contribution in [-0.4, -0.2) is 17.9 Å². The Balaban J connectivity index is 1.80. The van der Waals surface area contributed by atoms with Crippen molar-refractivity contribution < 1.29 is 4.79 Å². The molecular weight excluding hydrogens is 430 g/mol. The van der Waals surface area contributed by atoms with Crippen molar-refractivity contribution in [2.45, 2.75) is 24.9 Å². The van der Waals surface area contributed by atoms with Gasteiger partial charge in [-0.25, -0.2) is 0 Å². The average Bonchev–Trinajstić information content (AvgIpc) is 3.15. The van der Waals surface area contributed by atoms with Gasteiger partial charge >= 0.3 is 0 Å². The van der Waals surface area contributed by atoms with Gasteiger partial charge in [0.2, 0.25) is 0 Å². The van der Waals surface area contributed by atoms with Gasteiger partial charge in [0.15, 0.2) is 11.2 Å². The van der Waals surface area contributed by atoms with Gasteiger partial charge in [0.1, 0.15) is 6.04 Å². The summed E-state index contributed by atoms with van der Waals surface area (Å²) in [6.45, 7) is 1.97. The van der Waals surface area contributed by atoms with Crippen LogP contribution in [0.2, 0.25) is 5.02 Å². The highest BCUT2D eigenvalue weighted by atomic mass is 35.5. The van der Waals surface area contributed by atoms with E-state index < -0.39 is 23.4 Å². The molecule has 0 amide bonds. The van der Waals surface area contributed by atoms with Gasteiger partial charge in [-0.1, -0.05) is 90.0 Å². The molecule has 0 bridgehead atoms. The van der Waals surface area contributed by atoms with Crippen molar-refractivity contribution >= 4 is 29.1 Å². The minimum absolute atomic E-state index is 0.137. The SMILES string of the molecule is Cc1ccc(C(=O)[C@@H]2[C@@H](c3ccccc3Cl)C(C#N)(C#N)[C@@H]3C=Cc4ccccc4N23)cc1. The van der Waals surface area contributed by atoms with Crippen LogP contribution in [0.1, 0.15) is 33.0 Å². The van der Waals surface area contributed by atoms with Crippen LogP contribution in [-0.2, 0) is 0 Å². The average molecular weight is 450 g/mol. The quantitative estimate of drug-likeness (QED) is 0.464. The first kappa shape index (κ1) is 21.0. The lowest BCUT2D eigenvalue weighted by Crippen LogP contribution is -2.44. The normalized spacial score (nSPS) is 22.1. The number of nitriles is 2. The number of carbonyl (C=O) groups excluding carboxylic acids is 1. The van der Waals surface area contributed by atoms with E-state index in [0.29, 0.717) is 16.1 Å². The van der Waals surface area contributed by atoms with Crippen molar-refractivity contribution in [3.05, 3.63) is 106 Å². The molecule has 3 aromatic rings. The van der Waals surface area contributed by atoms with E-state index in [1.54, 1.807) is 24.3 Å². The number of Topliss-reactive ketones (excluding diaryl/α,β-unsaturated/α-hetero) is 1. The molecule has 4 nitrogen and oxygen atoms in total. The molecule has 0 aliphatic carbocycles. The van der Waals surface area contributed by atoms with Crippen molar-refractivity contribution in [1.82, 2.24) is 0 Å². The van der Waals surface area contributed by atoms with Crippen LogP contribution in [0.3, 0.4) is 0 Å². The summed E-state index contributed by atoms with van der Waals surface area (Å²) in [6, 6.07) is 25.6. The Morgan fingerprint density at radius 1 is 0.970 bits per heavy atom. The van der Waals surface area contributed by atoms with E-state index in [1.807, 2.05) is 72.5 Å². The summed E-state index contributed by atoms with van der Waals surface area (Å²) in [7, 11) is 0. The zero-order chi connectivity index (χ0) is 23.2. The smallest absolute Gasteiger partial charge is 0.185 e. The van der Waals surface area contributed by atoms with Crippen LogP contribution in [0.5, 0.6) is 0 Å². The fourth-order valence-electron chi connectivity index (χ4n) is 5.19. The Kier molecular flexibility index (Phi) is 5.05. The Bertz CT molecular complexity index is 1350. The van der Waals surface area contributed by atoms with Gasteiger partial charge in [0, 0.05) is 22.2 Å². The van der Waals surface area contributed by atoms with E-state index in [9.17, 15) is 15.3 Å². The highest BCUT2D eigenvalue weighted by Gasteiger charge is 2.63. The highest BCUT2D eigenvalue weighted by Crippen LogP contribution is 2.56. The monoisotopic (exact) mass is 449 g/mol. The number of benzene rings is 3. The molecular formula is C28H20ClN3O. The number of hydrogen-bond donors (Lipinski definition) is 0. The molecule has 0 spiro atoms. The predicted octanol–water partition coefficient (Wildman–Crippen LogP) is 5.93. The number of anilines is 1. The number of para-hydroxylation sites is 1. The standard InChI is InChI=1S/C28H20ClN3O/c1-18-10-12-20(13-11-18)27(33)26-25(21-7-3-4-8-22(21)29)28(16-30,17-31)24-15-14-19-6-2-5-9-23(19)32(24)26/h2-15,24-26H,1H3/t24-,25+,26-/m0/s1. The van der Waals surface area contributed by atoms with Crippen LogP contribution in [0.4, 0.5) is 5.69 Å². The van der Waals surface area contributed by atoms with Gasteiger partial charge in [-0.2, -0.15) is 10.5 Å². The second kappa shape index (κ2) is 7.93. The summed E-state index contributed by atoms with van der Waals surface area (Å²) in [5, 5.41) is 21.3. The molecule has 0 unspecified atom stereocenters. The molecule has 3 aromatic carbocycles. The van der Waals surface area contributed by atoms with Crippen molar-refractivity contribution in [3.8, 4) is 12.1 Å². The fourth-order valence-corrected chi connectivity index (χ4v) is 5.45. The van der Waals surface area contributed by atoms with Crippen molar-refractivity contribution in [3.63, 3.8) is 0 Å². The fraction of sp³-hybridized carbons (Fsp3) is 0.179. The van der Waals surface area contributed by atoms with Gasteiger partial charge in [-0.15, -0.1) is 0 Å². The van der Waals surface area contributed by atoms with E-state index in [4.69, 9.17) is 11.6 Å². The summed E-state index contributed by atoms with van der Waals surface area (Å²) in [5.41, 5.74) is 2.50. The van der Waals surface area contributed by atoms with Crippen LogP contribution < -0.4 is 4.90 Å². The van der Waals surface area contributed by atoms with Crippen molar-refractivity contribution in [2.75, 3.05) is 4.90 Å². The second-order valence-electron chi connectivity index (χ2n) is 8.54. The van der Waals surface area contributed by atoms with Crippen molar-refractivity contribution in [1.29, 1.82) is 10.5 Å². The van der Waals surface area contributed by atoms with Crippen LogP contribution >= 0.6 is 11.6 Å². The highest BCUT2D eigenvalue weighted by molar-refractivity contribution is 6.31. The van der Waals surface area contributed by atoms with Gasteiger partial charge < -0.3 is 4.90 Å². The third-order valence-corrected chi connectivity index (χ3v) is 7.10. The van der Waals surface area contributed by atoms with Gasteiger partial charge in [0.25, 0.3) is 0 Å². The topological polar surface area (TPSA) is 67.9 Å². The summed E-state index contributed by atoms with van der Waals surface area (Å²) < 4.78 is 0. The lowest BCUT2D eigenvalue weighted by Gasteiger charge is -2.35. The molecule has 2 heterocycles.